The van der Waals surface area contributed by atoms with Crippen molar-refractivity contribution < 1.29 is 8.42 Å². The second-order valence-electron chi connectivity index (χ2n) is 4.18. The molecule has 0 bridgehead atoms. The summed E-state index contributed by atoms with van der Waals surface area (Å²) >= 11 is 1.05. The lowest BCUT2D eigenvalue weighted by atomic mass is 10.2. The van der Waals surface area contributed by atoms with Crippen LogP contribution < -0.4 is 5.73 Å². The smallest absolute Gasteiger partial charge is 0.254 e. The summed E-state index contributed by atoms with van der Waals surface area (Å²) in [5.74, 6) is 0.431. The largest absolute Gasteiger partial charge is 0.375 e. The number of nitrogens with zero attached hydrogens (tertiary/aromatic N) is 2. The van der Waals surface area contributed by atoms with Gasteiger partial charge in [-0.1, -0.05) is 18.3 Å². The molecule has 1 fully saturated rings. The molecule has 1 aromatic rings. The van der Waals surface area contributed by atoms with Gasteiger partial charge in [0, 0.05) is 13.1 Å². The van der Waals surface area contributed by atoms with Crippen LogP contribution in [0.5, 0.6) is 0 Å². The lowest BCUT2D eigenvalue weighted by molar-refractivity contribution is 0.465. The van der Waals surface area contributed by atoms with Gasteiger partial charge in [-0.3, -0.25) is 0 Å². The Labute approximate surface area is 99.3 Å². The SMILES string of the molecule is Cc1nc(N)sc1S(=O)(=O)N1CCC(C)C1. The molecule has 1 atom stereocenters. The van der Waals surface area contributed by atoms with Crippen LogP contribution in [0, 0.1) is 12.8 Å². The summed E-state index contributed by atoms with van der Waals surface area (Å²) in [4.78, 5) is 3.96. The first-order valence-corrected chi connectivity index (χ1v) is 7.40. The predicted octanol–water partition coefficient (Wildman–Crippen LogP) is 1.06. The topological polar surface area (TPSA) is 76.3 Å². The average molecular weight is 261 g/mol. The highest BCUT2D eigenvalue weighted by Crippen LogP contribution is 2.30. The van der Waals surface area contributed by atoms with Gasteiger partial charge < -0.3 is 5.73 Å². The normalized spacial score (nSPS) is 22.8. The minimum atomic E-state index is -3.37. The zero-order valence-corrected chi connectivity index (χ0v) is 10.9. The van der Waals surface area contributed by atoms with E-state index < -0.39 is 10.0 Å². The first-order valence-electron chi connectivity index (χ1n) is 5.14. The van der Waals surface area contributed by atoms with E-state index in [-0.39, 0.29) is 0 Å². The highest BCUT2D eigenvalue weighted by atomic mass is 32.2. The van der Waals surface area contributed by atoms with E-state index in [1.54, 1.807) is 6.92 Å². The molecule has 0 aromatic carbocycles. The number of hydrogen-bond acceptors (Lipinski definition) is 5. The predicted molar refractivity (Wildman–Crippen MR) is 63.8 cm³/mol. The average Bonchev–Trinajstić information content (AvgIpc) is 2.73. The molecule has 2 heterocycles. The van der Waals surface area contributed by atoms with E-state index in [0.717, 1.165) is 17.8 Å². The van der Waals surface area contributed by atoms with Crippen LogP contribution in [-0.2, 0) is 10.0 Å². The quantitative estimate of drug-likeness (QED) is 0.863. The van der Waals surface area contributed by atoms with Crippen molar-refractivity contribution in [1.29, 1.82) is 0 Å². The van der Waals surface area contributed by atoms with E-state index in [0.29, 0.717) is 34.0 Å². The van der Waals surface area contributed by atoms with Gasteiger partial charge in [-0.2, -0.15) is 4.31 Å². The number of nitrogens with two attached hydrogens (primary N) is 1. The molecule has 7 heteroatoms. The number of rotatable bonds is 2. The van der Waals surface area contributed by atoms with Gasteiger partial charge in [-0.25, -0.2) is 13.4 Å². The van der Waals surface area contributed by atoms with Crippen LogP contribution in [0.4, 0.5) is 5.13 Å². The Kier molecular flexibility index (Phi) is 2.93. The molecular formula is C9H15N3O2S2. The van der Waals surface area contributed by atoms with Gasteiger partial charge in [0.15, 0.2) is 9.34 Å². The van der Waals surface area contributed by atoms with Crippen LogP contribution in [-0.4, -0.2) is 30.8 Å². The second-order valence-corrected chi connectivity index (χ2v) is 7.35. The van der Waals surface area contributed by atoms with Crippen LogP contribution >= 0.6 is 11.3 Å². The number of hydrogen-bond donors (Lipinski definition) is 1. The van der Waals surface area contributed by atoms with Crippen molar-refractivity contribution in [1.82, 2.24) is 9.29 Å². The van der Waals surface area contributed by atoms with Gasteiger partial charge in [-0.05, 0) is 19.3 Å². The molecule has 1 unspecified atom stereocenters. The molecule has 1 aliphatic rings. The molecule has 0 radical (unpaired) electrons. The summed E-state index contributed by atoms with van der Waals surface area (Å²) in [5, 5.41) is 0.309. The minimum Gasteiger partial charge on any atom is -0.375 e. The monoisotopic (exact) mass is 261 g/mol. The van der Waals surface area contributed by atoms with Gasteiger partial charge in [0.2, 0.25) is 0 Å². The van der Waals surface area contributed by atoms with Crippen molar-refractivity contribution in [3.63, 3.8) is 0 Å². The molecule has 1 saturated heterocycles. The van der Waals surface area contributed by atoms with Crippen molar-refractivity contribution in [3.05, 3.63) is 5.69 Å². The Bertz CT molecular complexity index is 495. The molecule has 2 N–H and O–H groups in total. The van der Waals surface area contributed by atoms with E-state index >= 15 is 0 Å². The van der Waals surface area contributed by atoms with E-state index in [4.69, 9.17) is 5.73 Å². The third-order valence-corrected chi connectivity index (χ3v) is 6.17. The van der Waals surface area contributed by atoms with Crippen LogP contribution in [0.15, 0.2) is 4.21 Å². The maximum atomic E-state index is 12.3. The van der Waals surface area contributed by atoms with Crippen molar-refractivity contribution >= 4 is 26.5 Å². The highest BCUT2D eigenvalue weighted by molar-refractivity contribution is 7.91. The Morgan fingerprint density at radius 3 is 2.69 bits per heavy atom. The molecule has 1 aliphatic heterocycles. The summed E-state index contributed by atoms with van der Waals surface area (Å²) in [7, 11) is -3.37. The summed E-state index contributed by atoms with van der Waals surface area (Å²) in [6.07, 6.45) is 0.923. The Hall–Kier alpha value is -0.660. The number of thiazole rings is 1. The fraction of sp³-hybridized carbons (Fsp3) is 0.667. The number of sulfonamides is 1. The molecule has 0 spiro atoms. The summed E-state index contributed by atoms with van der Waals surface area (Å²) in [6.45, 7) is 4.93. The van der Waals surface area contributed by atoms with Crippen molar-refractivity contribution in [3.8, 4) is 0 Å². The Morgan fingerprint density at radius 1 is 1.56 bits per heavy atom. The van der Waals surface area contributed by atoms with E-state index in [9.17, 15) is 8.42 Å². The molecule has 90 valence electrons. The van der Waals surface area contributed by atoms with Crippen LogP contribution in [0.3, 0.4) is 0 Å². The molecule has 0 saturated carbocycles. The minimum absolute atomic E-state index is 0.291. The third-order valence-electron chi connectivity index (χ3n) is 2.73. The van der Waals surface area contributed by atoms with Crippen LogP contribution in [0.1, 0.15) is 19.0 Å². The van der Waals surface area contributed by atoms with Gasteiger partial charge in [0.25, 0.3) is 10.0 Å². The molecule has 0 amide bonds. The summed E-state index contributed by atoms with van der Waals surface area (Å²) in [5.41, 5.74) is 6.03. The Morgan fingerprint density at radius 2 is 2.25 bits per heavy atom. The number of anilines is 1. The van der Waals surface area contributed by atoms with E-state index in [2.05, 4.69) is 11.9 Å². The maximum absolute atomic E-state index is 12.3. The maximum Gasteiger partial charge on any atom is 0.254 e. The standard InChI is InChI=1S/C9H15N3O2S2/c1-6-3-4-12(5-6)16(13,14)8-7(2)11-9(10)15-8/h6H,3-5H2,1-2H3,(H2,10,11). The van der Waals surface area contributed by atoms with Crippen molar-refractivity contribution in [2.45, 2.75) is 24.5 Å². The number of aryl methyl sites for hydroxylation is 1. The second kappa shape index (κ2) is 3.97. The Balaban J connectivity index is 2.36. The van der Waals surface area contributed by atoms with Crippen molar-refractivity contribution in [2.75, 3.05) is 18.8 Å². The molecule has 1 aromatic heterocycles. The molecule has 0 aliphatic carbocycles. The third kappa shape index (κ3) is 1.94. The molecular weight excluding hydrogens is 246 g/mol. The first-order chi connectivity index (χ1) is 7.41. The van der Waals surface area contributed by atoms with E-state index in [1.807, 2.05) is 0 Å². The highest BCUT2D eigenvalue weighted by Gasteiger charge is 2.33. The number of nitrogen functional groups attached to an aromatic ring is 1. The summed E-state index contributed by atoms with van der Waals surface area (Å²) < 4.78 is 26.3. The molecule has 5 nitrogen and oxygen atoms in total. The molecule has 16 heavy (non-hydrogen) atoms. The zero-order valence-electron chi connectivity index (χ0n) is 9.30. The van der Waals surface area contributed by atoms with E-state index in [1.165, 1.54) is 4.31 Å². The lowest BCUT2D eigenvalue weighted by Crippen LogP contribution is -2.28. The van der Waals surface area contributed by atoms with Gasteiger partial charge >= 0.3 is 0 Å². The van der Waals surface area contributed by atoms with Gasteiger partial charge in [-0.15, -0.1) is 0 Å². The van der Waals surface area contributed by atoms with Crippen molar-refractivity contribution in [2.24, 2.45) is 5.92 Å². The van der Waals surface area contributed by atoms with Crippen LogP contribution in [0.25, 0.3) is 0 Å². The first kappa shape index (κ1) is 11.8. The zero-order chi connectivity index (χ0) is 11.9. The van der Waals surface area contributed by atoms with Gasteiger partial charge in [0.05, 0.1) is 5.69 Å². The fourth-order valence-corrected chi connectivity index (χ4v) is 4.88. The molecule has 2 rings (SSSR count). The van der Waals surface area contributed by atoms with Gasteiger partial charge in [0.1, 0.15) is 0 Å². The van der Waals surface area contributed by atoms with Crippen LogP contribution in [0.2, 0.25) is 0 Å². The fourth-order valence-electron chi connectivity index (χ4n) is 1.87. The number of aromatic nitrogens is 1. The lowest BCUT2D eigenvalue weighted by Gasteiger charge is -2.14. The summed E-state index contributed by atoms with van der Waals surface area (Å²) in [6, 6.07) is 0.